The SMILES string of the molecule is Cc1cnc(Nc2cc(F)c(Br)cc2C)c(N)c1. The van der Waals surface area contributed by atoms with Crippen molar-refractivity contribution >= 4 is 33.1 Å². The molecule has 1 heterocycles. The lowest BCUT2D eigenvalue weighted by molar-refractivity contribution is 0.621. The molecule has 2 rings (SSSR count). The van der Waals surface area contributed by atoms with E-state index in [1.807, 2.05) is 19.9 Å². The van der Waals surface area contributed by atoms with Gasteiger partial charge in [0, 0.05) is 11.9 Å². The number of aryl methyl sites for hydroxylation is 2. The standard InChI is InChI=1S/C13H13BrFN3/c1-7-3-11(16)13(17-6-7)18-12-5-10(15)9(14)4-8(12)2/h3-6H,16H2,1-2H3,(H,17,18). The molecule has 0 fully saturated rings. The molecular formula is C13H13BrFN3. The van der Waals surface area contributed by atoms with Gasteiger partial charge >= 0.3 is 0 Å². The number of halogens is 2. The van der Waals surface area contributed by atoms with E-state index >= 15 is 0 Å². The molecule has 0 aliphatic heterocycles. The maximum Gasteiger partial charge on any atom is 0.153 e. The minimum Gasteiger partial charge on any atom is -0.396 e. The van der Waals surface area contributed by atoms with Crippen molar-refractivity contribution in [2.24, 2.45) is 0 Å². The summed E-state index contributed by atoms with van der Waals surface area (Å²) in [5, 5.41) is 3.04. The van der Waals surface area contributed by atoms with E-state index in [0.29, 0.717) is 21.7 Å². The van der Waals surface area contributed by atoms with Crippen LogP contribution < -0.4 is 11.1 Å². The highest BCUT2D eigenvalue weighted by molar-refractivity contribution is 9.10. The zero-order valence-corrected chi connectivity index (χ0v) is 11.7. The smallest absolute Gasteiger partial charge is 0.153 e. The molecule has 0 saturated heterocycles. The number of pyridine rings is 1. The van der Waals surface area contributed by atoms with Crippen LogP contribution in [0.5, 0.6) is 0 Å². The van der Waals surface area contributed by atoms with Gasteiger partial charge in [-0.05, 0) is 59.1 Å². The summed E-state index contributed by atoms with van der Waals surface area (Å²) in [5.74, 6) is 0.208. The Bertz CT molecular complexity index is 599. The molecule has 3 N–H and O–H groups in total. The summed E-state index contributed by atoms with van der Waals surface area (Å²) >= 11 is 3.15. The Kier molecular flexibility index (Phi) is 3.52. The van der Waals surface area contributed by atoms with Crippen molar-refractivity contribution in [1.29, 1.82) is 0 Å². The summed E-state index contributed by atoms with van der Waals surface area (Å²) in [5.41, 5.74) is 8.94. The van der Waals surface area contributed by atoms with Crippen molar-refractivity contribution in [3.8, 4) is 0 Å². The summed E-state index contributed by atoms with van der Waals surface area (Å²) in [7, 11) is 0. The maximum absolute atomic E-state index is 13.5. The van der Waals surface area contributed by atoms with E-state index in [4.69, 9.17) is 5.73 Å². The zero-order chi connectivity index (χ0) is 13.3. The number of nitrogens with zero attached hydrogens (tertiary/aromatic N) is 1. The van der Waals surface area contributed by atoms with Crippen molar-refractivity contribution in [3.05, 3.63) is 45.8 Å². The fourth-order valence-electron chi connectivity index (χ4n) is 1.60. The first-order valence-electron chi connectivity index (χ1n) is 5.42. The van der Waals surface area contributed by atoms with Crippen LogP contribution in [-0.4, -0.2) is 4.98 Å². The van der Waals surface area contributed by atoms with Crippen molar-refractivity contribution < 1.29 is 4.39 Å². The summed E-state index contributed by atoms with van der Waals surface area (Å²) in [6, 6.07) is 4.95. The third-order valence-electron chi connectivity index (χ3n) is 2.57. The Morgan fingerprint density at radius 3 is 2.67 bits per heavy atom. The third-order valence-corrected chi connectivity index (χ3v) is 3.18. The van der Waals surface area contributed by atoms with Gasteiger partial charge in [0.2, 0.25) is 0 Å². The van der Waals surface area contributed by atoms with Crippen molar-refractivity contribution in [2.45, 2.75) is 13.8 Å². The molecule has 0 aliphatic carbocycles. The molecular weight excluding hydrogens is 297 g/mol. The van der Waals surface area contributed by atoms with Gasteiger partial charge in [0.1, 0.15) is 5.82 Å². The highest BCUT2D eigenvalue weighted by Gasteiger charge is 2.08. The molecule has 0 amide bonds. The number of rotatable bonds is 2. The predicted molar refractivity (Wildman–Crippen MR) is 75.5 cm³/mol. The molecule has 0 bridgehead atoms. The molecule has 0 atom stereocenters. The Morgan fingerprint density at radius 2 is 2.00 bits per heavy atom. The van der Waals surface area contributed by atoms with E-state index in [1.54, 1.807) is 12.3 Å². The van der Waals surface area contributed by atoms with Gasteiger partial charge in [-0.1, -0.05) is 0 Å². The van der Waals surface area contributed by atoms with Crippen molar-refractivity contribution in [2.75, 3.05) is 11.1 Å². The number of nitrogens with two attached hydrogens (primary N) is 1. The molecule has 5 heteroatoms. The first-order chi connectivity index (χ1) is 8.47. The zero-order valence-electron chi connectivity index (χ0n) is 10.1. The van der Waals surface area contributed by atoms with Crippen molar-refractivity contribution in [1.82, 2.24) is 4.98 Å². The maximum atomic E-state index is 13.5. The summed E-state index contributed by atoms with van der Waals surface area (Å²) in [4.78, 5) is 4.20. The molecule has 0 saturated carbocycles. The van der Waals surface area contributed by atoms with Gasteiger partial charge in [-0.3, -0.25) is 0 Å². The minimum atomic E-state index is -0.325. The van der Waals surface area contributed by atoms with Crippen LogP contribution in [0, 0.1) is 19.7 Å². The molecule has 0 radical (unpaired) electrons. The number of hydrogen-bond donors (Lipinski definition) is 2. The fourth-order valence-corrected chi connectivity index (χ4v) is 2.06. The van der Waals surface area contributed by atoms with Gasteiger partial charge in [-0.15, -0.1) is 0 Å². The van der Waals surface area contributed by atoms with Crippen LogP contribution in [0.1, 0.15) is 11.1 Å². The Hall–Kier alpha value is -1.62. The van der Waals surface area contributed by atoms with Crippen LogP contribution in [0.25, 0.3) is 0 Å². The molecule has 18 heavy (non-hydrogen) atoms. The highest BCUT2D eigenvalue weighted by atomic mass is 79.9. The Labute approximate surface area is 113 Å². The quantitative estimate of drug-likeness (QED) is 0.884. The normalized spacial score (nSPS) is 10.4. The van der Waals surface area contributed by atoms with E-state index < -0.39 is 0 Å². The first kappa shape index (κ1) is 12.8. The van der Waals surface area contributed by atoms with E-state index in [2.05, 4.69) is 26.2 Å². The first-order valence-corrected chi connectivity index (χ1v) is 6.21. The lowest BCUT2D eigenvalue weighted by Gasteiger charge is -2.12. The largest absolute Gasteiger partial charge is 0.396 e. The molecule has 3 nitrogen and oxygen atoms in total. The van der Waals surface area contributed by atoms with E-state index in [9.17, 15) is 4.39 Å². The Balaban J connectivity index is 2.37. The number of nitrogens with one attached hydrogen (secondary N) is 1. The van der Waals surface area contributed by atoms with E-state index in [-0.39, 0.29) is 5.82 Å². The van der Waals surface area contributed by atoms with Gasteiger partial charge in [0.05, 0.1) is 10.2 Å². The van der Waals surface area contributed by atoms with E-state index in [0.717, 1.165) is 11.1 Å². The van der Waals surface area contributed by atoms with Gasteiger partial charge < -0.3 is 11.1 Å². The topological polar surface area (TPSA) is 50.9 Å². The highest BCUT2D eigenvalue weighted by Crippen LogP contribution is 2.28. The number of benzene rings is 1. The van der Waals surface area contributed by atoms with Crippen LogP contribution >= 0.6 is 15.9 Å². The second kappa shape index (κ2) is 4.94. The second-order valence-corrected chi connectivity index (χ2v) is 5.01. The summed E-state index contributed by atoms with van der Waals surface area (Å²) < 4.78 is 13.9. The minimum absolute atomic E-state index is 0.325. The monoisotopic (exact) mass is 309 g/mol. The third kappa shape index (κ3) is 2.61. The number of nitrogen functional groups attached to an aromatic ring is 1. The molecule has 1 aromatic heterocycles. The van der Waals surface area contributed by atoms with Gasteiger partial charge in [-0.25, -0.2) is 9.37 Å². The molecule has 2 aromatic rings. The van der Waals surface area contributed by atoms with Crippen molar-refractivity contribution in [3.63, 3.8) is 0 Å². The summed E-state index contributed by atoms with van der Waals surface area (Å²) in [6.07, 6.45) is 1.71. The van der Waals surface area contributed by atoms with Crippen LogP contribution in [0.2, 0.25) is 0 Å². The Morgan fingerprint density at radius 1 is 1.28 bits per heavy atom. The van der Waals surface area contributed by atoms with Gasteiger partial charge in [0.15, 0.2) is 5.82 Å². The molecule has 1 aromatic carbocycles. The number of hydrogen-bond acceptors (Lipinski definition) is 3. The van der Waals surface area contributed by atoms with Crippen LogP contribution in [-0.2, 0) is 0 Å². The predicted octanol–water partition coefficient (Wildman–Crippen LogP) is 3.93. The lowest BCUT2D eigenvalue weighted by Crippen LogP contribution is -2.01. The number of aromatic nitrogens is 1. The molecule has 0 aliphatic rings. The van der Waals surface area contributed by atoms with Gasteiger partial charge in [-0.2, -0.15) is 0 Å². The molecule has 94 valence electrons. The molecule has 0 unspecified atom stereocenters. The van der Waals surface area contributed by atoms with Crippen LogP contribution in [0.15, 0.2) is 28.9 Å². The number of anilines is 3. The van der Waals surface area contributed by atoms with Gasteiger partial charge in [0.25, 0.3) is 0 Å². The average Bonchev–Trinajstić information content (AvgIpc) is 2.29. The second-order valence-electron chi connectivity index (χ2n) is 4.16. The van der Waals surface area contributed by atoms with E-state index in [1.165, 1.54) is 6.07 Å². The molecule has 0 spiro atoms. The van der Waals surface area contributed by atoms with Crippen LogP contribution in [0.3, 0.4) is 0 Å². The average molecular weight is 310 g/mol. The summed E-state index contributed by atoms with van der Waals surface area (Å²) in [6.45, 7) is 3.80. The lowest BCUT2D eigenvalue weighted by atomic mass is 10.2. The van der Waals surface area contributed by atoms with Crippen LogP contribution in [0.4, 0.5) is 21.6 Å². The fraction of sp³-hybridized carbons (Fsp3) is 0.154.